The number of aromatic nitrogens is 3. The summed E-state index contributed by atoms with van der Waals surface area (Å²) >= 11 is 0. The summed E-state index contributed by atoms with van der Waals surface area (Å²) in [5.74, 6) is 0.726. The molecule has 0 aliphatic heterocycles. The van der Waals surface area contributed by atoms with Crippen LogP contribution in [0.2, 0.25) is 0 Å². The lowest BCUT2D eigenvalue weighted by atomic mass is 9.86. The van der Waals surface area contributed by atoms with Crippen LogP contribution in [0.25, 0.3) is 72.5 Å². The highest BCUT2D eigenvalue weighted by atomic mass is 15.0. The molecule has 0 fully saturated rings. The number of fused-ring (bicyclic) bond motifs is 3. The van der Waals surface area contributed by atoms with Crippen molar-refractivity contribution in [2.24, 2.45) is 0 Å². The van der Waals surface area contributed by atoms with Crippen LogP contribution in [0.5, 0.6) is 0 Å². The van der Waals surface area contributed by atoms with E-state index in [9.17, 15) is 0 Å². The zero-order valence-corrected chi connectivity index (χ0v) is 30.3. The molecule has 8 aromatic rings. The number of benzene rings is 6. The minimum atomic E-state index is 0.0727. The second kappa shape index (κ2) is 12.5. The molecule has 0 saturated heterocycles. The normalized spacial score (nSPS) is 12.1. The summed E-state index contributed by atoms with van der Waals surface area (Å²) in [6.45, 7) is 13.5. The van der Waals surface area contributed by atoms with Gasteiger partial charge in [-0.2, -0.15) is 0 Å². The van der Waals surface area contributed by atoms with Crippen LogP contribution in [0, 0.1) is 0 Å². The van der Waals surface area contributed by atoms with Crippen LogP contribution in [0.3, 0.4) is 0 Å². The molecule has 8 rings (SSSR count). The molecule has 0 N–H and O–H groups in total. The molecule has 250 valence electrons. The molecule has 3 heteroatoms. The Morgan fingerprint density at radius 2 is 0.863 bits per heavy atom. The van der Waals surface area contributed by atoms with Gasteiger partial charge in [0.25, 0.3) is 0 Å². The predicted molar refractivity (Wildman–Crippen MR) is 216 cm³/mol. The Kier molecular flexibility index (Phi) is 7.95. The van der Waals surface area contributed by atoms with Crippen molar-refractivity contribution in [3.05, 3.63) is 163 Å². The zero-order valence-electron chi connectivity index (χ0n) is 30.3. The highest BCUT2D eigenvalue weighted by Gasteiger charge is 2.17. The van der Waals surface area contributed by atoms with Crippen LogP contribution in [0.15, 0.2) is 152 Å². The van der Waals surface area contributed by atoms with Gasteiger partial charge in [0.2, 0.25) is 0 Å². The Balaban J connectivity index is 1.19. The summed E-state index contributed by atoms with van der Waals surface area (Å²) < 4.78 is 2.36. The van der Waals surface area contributed by atoms with Gasteiger partial charge in [-0.1, -0.05) is 157 Å². The largest absolute Gasteiger partial charge is 0.309 e. The highest BCUT2D eigenvalue weighted by Crippen LogP contribution is 2.35. The van der Waals surface area contributed by atoms with E-state index in [-0.39, 0.29) is 10.8 Å². The van der Waals surface area contributed by atoms with Crippen molar-refractivity contribution < 1.29 is 0 Å². The molecule has 0 bridgehead atoms. The van der Waals surface area contributed by atoms with E-state index in [1.807, 2.05) is 0 Å². The first-order valence-electron chi connectivity index (χ1n) is 17.8. The van der Waals surface area contributed by atoms with Crippen LogP contribution < -0.4 is 0 Å². The van der Waals surface area contributed by atoms with Crippen molar-refractivity contribution in [2.45, 2.75) is 52.4 Å². The van der Waals surface area contributed by atoms with E-state index in [0.717, 1.165) is 50.7 Å². The molecule has 0 unspecified atom stereocenters. The molecule has 0 saturated carbocycles. The zero-order chi connectivity index (χ0) is 35.3. The van der Waals surface area contributed by atoms with E-state index in [1.165, 1.54) is 32.9 Å². The van der Waals surface area contributed by atoms with Gasteiger partial charge >= 0.3 is 0 Å². The summed E-state index contributed by atoms with van der Waals surface area (Å²) in [5.41, 5.74) is 13.6. The van der Waals surface area contributed by atoms with E-state index in [0.29, 0.717) is 0 Å². The van der Waals surface area contributed by atoms with Gasteiger partial charge in [0.1, 0.15) is 0 Å². The Morgan fingerprint density at radius 1 is 0.392 bits per heavy atom. The van der Waals surface area contributed by atoms with E-state index in [2.05, 4.69) is 198 Å². The minimum Gasteiger partial charge on any atom is -0.309 e. The number of hydrogen-bond donors (Lipinski definition) is 0. The maximum Gasteiger partial charge on any atom is 0.160 e. The summed E-state index contributed by atoms with van der Waals surface area (Å²) in [4.78, 5) is 10.3. The maximum atomic E-state index is 5.17. The molecular weight excluding hydrogens is 619 g/mol. The second-order valence-corrected chi connectivity index (χ2v) is 15.6. The van der Waals surface area contributed by atoms with Gasteiger partial charge < -0.3 is 4.57 Å². The minimum absolute atomic E-state index is 0.0727. The summed E-state index contributed by atoms with van der Waals surface area (Å²) in [6, 6.07) is 54.5. The first-order chi connectivity index (χ1) is 24.5. The van der Waals surface area contributed by atoms with Gasteiger partial charge in [-0.3, -0.25) is 0 Å². The molecule has 0 radical (unpaired) electrons. The first-order valence-corrected chi connectivity index (χ1v) is 17.8. The highest BCUT2D eigenvalue weighted by molar-refractivity contribution is 6.09. The van der Waals surface area contributed by atoms with Crippen LogP contribution in [0.1, 0.15) is 52.7 Å². The number of nitrogens with zero attached hydrogens (tertiary/aromatic N) is 3. The van der Waals surface area contributed by atoms with Gasteiger partial charge in [-0.05, 0) is 69.5 Å². The van der Waals surface area contributed by atoms with Crippen molar-refractivity contribution in [2.75, 3.05) is 0 Å². The molecule has 0 spiro atoms. The van der Waals surface area contributed by atoms with Crippen molar-refractivity contribution in [1.29, 1.82) is 0 Å². The quantitative estimate of drug-likeness (QED) is 0.184. The van der Waals surface area contributed by atoms with Gasteiger partial charge in [0.15, 0.2) is 5.82 Å². The third-order valence-corrected chi connectivity index (χ3v) is 9.98. The van der Waals surface area contributed by atoms with Gasteiger partial charge in [0, 0.05) is 33.2 Å². The molecular formula is C48H43N3. The Bertz CT molecular complexity index is 2380. The van der Waals surface area contributed by atoms with Crippen LogP contribution in [0.4, 0.5) is 0 Å². The van der Waals surface area contributed by atoms with Crippen molar-refractivity contribution >= 4 is 21.8 Å². The molecule has 51 heavy (non-hydrogen) atoms. The summed E-state index contributed by atoms with van der Waals surface area (Å²) in [7, 11) is 0. The second-order valence-electron chi connectivity index (χ2n) is 15.6. The van der Waals surface area contributed by atoms with E-state index >= 15 is 0 Å². The predicted octanol–water partition coefficient (Wildman–Crippen LogP) is 12.8. The lowest BCUT2D eigenvalue weighted by Gasteiger charge is -2.19. The van der Waals surface area contributed by atoms with E-state index < -0.39 is 0 Å². The number of hydrogen-bond acceptors (Lipinski definition) is 2. The smallest absolute Gasteiger partial charge is 0.160 e. The lowest BCUT2D eigenvalue weighted by molar-refractivity contribution is 0.590. The van der Waals surface area contributed by atoms with Crippen LogP contribution in [-0.4, -0.2) is 14.5 Å². The van der Waals surface area contributed by atoms with E-state index in [1.54, 1.807) is 0 Å². The van der Waals surface area contributed by atoms with E-state index in [4.69, 9.17) is 9.97 Å². The average molecular weight is 662 g/mol. The fraction of sp³-hybridized carbons (Fsp3) is 0.167. The van der Waals surface area contributed by atoms with Gasteiger partial charge in [0.05, 0.1) is 22.4 Å². The molecule has 6 aromatic carbocycles. The standard InChI is InChI=1S/C48H43N3/c1-47(2,3)37-24-18-33(19-25-37)42-31-43(50-46(49-42)34-20-26-38(27-21-34)48(4,5)6)36-13-11-12-35(30-36)32-22-28-39(29-23-32)51-44-16-9-7-14-40(44)41-15-8-10-17-45(41)51/h7-31H,1-6H3. The van der Waals surface area contributed by atoms with Crippen molar-refractivity contribution in [1.82, 2.24) is 14.5 Å². The van der Waals surface area contributed by atoms with Gasteiger partial charge in [-0.25, -0.2) is 9.97 Å². The number of rotatable bonds is 5. The average Bonchev–Trinajstić information content (AvgIpc) is 3.49. The fourth-order valence-corrected chi connectivity index (χ4v) is 6.99. The first kappa shape index (κ1) is 32.4. The molecule has 0 aliphatic rings. The Morgan fingerprint density at radius 3 is 1.41 bits per heavy atom. The SMILES string of the molecule is CC(C)(C)c1ccc(-c2cc(-c3cccc(-c4ccc(-n5c6ccccc6c6ccccc65)cc4)c3)nc(-c3ccc(C(C)(C)C)cc3)n2)cc1. The molecule has 0 atom stereocenters. The number of para-hydroxylation sites is 2. The monoisotopic (exact) mass is 661 g/mol. The molecule has 0 aliphatic carbocycles. The summed E-state index contributed by atoms with van der Waals surface area (Å²) in [5, 5.41) is 2.53. The summed E-state index contributed by atoms with van der Waals surface area (Å²) in [6.07, 6.45) is 0. The Labute approximate surface area is 301 Å². The molecule has 0 amide bonds. The Hall–Kier alpha value is -5.80. The van der Waals surface area contributed by atoms with Crippen molar-refractivity contribution in [3.63, 3.8) is 0 Å². The third-order valence-electron chi connectivity index (χ3n) is 9.98. The molecule has 2 aromatic heterocycles. The van der Waals surface area contributed by atoms with Crippen molar-refractivity contribution in [3.8, 4) is 50.7 Å². The molecule has 2 heterocycles. The topological polar surface area (TPSA) is 30.7 Å². The molecule has 3 nitrogen and oxygen atoms in total. The van der Waals surface area contributed by atoms with Crippen LogP contribution >= 0.6 is 0 Å². The maximum absolute atomic E-state index is 5.17. The fourth-order valence-electron chi connectivity index (χ4n) is 6.99. The third kappa shape index (κ3) is 6.25. The van der Waals surface area contributed by atoms with Crippen LogP contribution in [-0.2, 0) is 10.8 Å². The van der Waals surface area contributed by atoms with Gasteiger partial charge in [-0.15, -0.1) is 0 Å². The lowest BCUT2D eigenvalue weighted by Crippen LogP contribution is -2.10.